The van der Waals surface area contributed by atoms with Crippen molar-refractivity contribution in [1.29, 1.82) is 0 Å². The van der Waals surface area contributed by atoms with Gasteiger partial charge in [-0.2, -0.15) is 0 Å². The van der Waals surface area contributed by atoms with Crippen LogP contribution in [-0.2, 0) is 0 Å². The molecule has 2 heteroatoms. The Kier molecular flexibility index (Phi) is 3.38. The van der Waals surface area contributed by atoms with Crippen LogP contribution in [0.2, 0.25) is 0 Å². The molecular weight excluding hydrogens is 406 g/mol. The topological polar surface area (TPSA) is 4.93 Å². The van der Waals surface area contributed by atoms with Crippen molar-refractivity contribution in [2.24, 2.45) is 0 Å². The van der Waals surface area contributed by atoms with Crippen molar-refractivity contribution < 1.29 is 0 Å². The molecule has 28 heavy (non-hydrogen) atoms. The summed E-state index contributed by atoms with van der Waals surface area (Å²) in [6.45, 7) is 0. The molecule has 132 valence electrons. The maximum atomic E-state index is 3.76. The van der Waals surface area contributed by atoms with Crippen molar-refractivity contribution in [2.45, 2.75) is 0 Å². The van der Waals surface area contributed by atoms with E-state index in [1.807, 2.05) is 0 Å². The quantitative estimate of drug-likeness (QED) is 0.238. The van der Waals surface area contributed by atoms with Crippen molar-refractivity contribution in [3.63, 3.8) is 0 Å². The lowest BCUT2D eigenvalue weighted by molar-refractivity contribution is 1.19. The fourth-order valence-electron chi connectivity index (χ4n) is 4.39. The second-order valence-corrected chi connectivity index (χ2v) is 8.03. The van der Waals surface area contributed by atoms with E-state index in [0.29, 0.717) is 0 Å². The van der Waals surface area contributed by atoms with Crippen molar-refractivity contribution in [1.82, 2.24) is 4.57 Å². The molecule has 1 heterocycles. The van der Waals surface area contributed by atoms with Crippen molar-refractivity contribution >= 4 is 59.3 Å². The molecule has 6 aromatic rings. The van der Waals surface area contributed by atoms with E-state index >= 15 is 0 Å². The second-order valence-electron chi connectivity index (χ2n) is 7.18. The molecule has 0 radical (unpaired) electrons. The van der Waals surface area contributed by atoms with Gasteiger partial charge in [0, 0.05) is 26.3 Å². The van der Waals surface area contributed by atoms with E-state index in [2.05, 4.69) is 118 Å². The van der Waals surface area contributed by atoms with Crippen LogP contribution in [0.15, 0.2) is 102 Å². The Balaban J connectivity index is 1.77. The minimum atomic E-state index is 1.13. The first-order valence-electron chi connectivity index (χ1n) is 9.41. The molecule has 0 aliphatic rings. The summed E-state index contributed by atoms with van der Waals surface area (Å²) < 4.78 is 3.51. The number of fused-ring (bicyclic) bond motifs is 6. The number of hydrogen-bond donors (Lipinski definition) is 0. The maximum Gasteiger partial charge on any atom is 0.0541 e. The highest BCUT2D eigenvalue weighted by Gasteiger charge is 2.12. The lowest BCUT2D eigenvalue weighted by Crippen LogP contribution is -1.94. The molecule has 0 amide bonds. The monoisotopic (exact) mass is 421 g/mol. The maximum absolute atomic E-state index is 3.76. The fourth-order valence-corrected chi connectivity index (χ4v) is 4.98. The van der Waals surface area contributed by atoms with Gasteiger partial charge in [0.15, 0.2) is 0 Å². The number of benzene rings is 5. The Labute approximate surface area is 171 Å². The highest BCUT2D eigenvalue weighted by molar-refractivity contribution is 9.10. The molecule has 0 saturated carbocycles. The summed E-state index contributed by atoms with van der Waals surface area (Å²) in [4.78, 5) is 0. The van der Waals surface area contributed by atoms with E-state index in [4.69, 9.17) is 0 Å². The smallest absolute Gasteiger partial charge is 0.0541 e. The standard InChI is InChI=1S/C26H16BrN/c27-23-9-5-6-18-13-12-17-14-15-19(16-22(17)26(18)23)28-24-10-3-1-7-20(24)21-8-2-4-11-25(21)28/h1-16H. The summed E-state index contributed by atoms with van der Waals surface area (Å²) in [6, 6.07) is 34.9. The van der Waals surface area contributed by atoms with E-state index in [0.717, 1.165) is 4.47 Å². The van der Waals surface area contributed by atoms with Crippen molar-refractivity contribution in [3.05, 3.63) is 102 Å². The zero-order chi connectivity index (χ0) is 18.7. The van der Waals surface area contributed by atoms with Gasteiger partial charge in [0.2, 0.25) is 0 Å². The molecule has 0 aliphatic carbocycles. The summed E-state index contributed by atoms with van der Waals surface area (Å²) in [7, 11) is 0. The minimum Gasteiger partial charge on any atom is -0.309 e. The van der Waals surface area contributed by atoms with E-state index in [1.54, 1.807) is 0 Å². The molecule has 0 saturated heterocycles. The van der Waals surface area contributed by atoms with E-state index < -0.39 is 0 Å². The number of para-hydroxylation sites is 2. The van der Waals surface area contributed by atoms with Gasteiger partial charge in [0.1, 0.15) is 0 Å². The van der Waals surface area contributed by atoms with Crippen LogP contribution in [0, 0.1) is 0 Å². The second kappa shape index (κ2) is 5.95. The van der Waals surface area contributed by atoms with Gasteiger partial charge in [0.05, 0.1) is 11.0 Å². The number of hydrogen-bond acceptors (Lipinski definition) is 0. The summed E-state index contributed by atoms with van der Waals surface area (Å²) in [5, 5.41) is 7.62. The average Bonchev–Trinajstić information content (AvgIpc) is 3.08. The summed E-state index contributed by atoms with van der Waals surface area (Å²) >= 11 is 3.76. The van der Waals surface area contributed by atoms with E-state index in [-0.39, 0.29) is 0 Å². The summed E-state index contributed by atoms with van der Waals surface area (Å²) in [6.07, 6.45) is 0. The Morgan fingerprint density at radius 2 is 1.18 bits per heavy atom. The third kappa shape index (κ3) is 2.18. The number of nitrogens with zero attached hydrogens (tertiary/aromatic N) is 1. The normalized spacial score (nSPS) is 11.8. The Hall–Kier alpha value is -3.10. The van der Waals surface area contributed by atoms with Crippen LogP contribution in [0.25, 0.3) is 49.0 Å². The third-order valence-electron chi connectivity index (χ3n) is 5.63. The molecule has 0 spiro atoms. The SMILES string of the molecule is Brc1cccc2ccc3ccc(-n4c5ccccc5c5ccccc54)cc3c12. The predicted octanol–water partition coefficient (Wildman–Crippen LogP) is 7.85. The lowest BCUT2D eigenvalue weighted by Gasteiger charge is -2.11. The first-order valence-corrected chi connectivity index (χ1v) is 10.2. The molecule has 0 atom stereocenters. The Morgan fingerprint density at radius 3 is 1.93 bits per heavy atom. The first kappa shape index (κ1) is 15.9. The predicted molar refractivity (Wildman–Crippen MR) is 123 cm³/mol. The van der Waals surface area contributed by atoms with Gasteiger partial charge < -0.3 is 4.57 Å². The number of halogens is 1. The molecule has 0 unspecified atom stereocenters. The number of rotatable bonds is 1. The lowest BCUT2D eigenvalue weighted by atomic mass is 10.0. The molecule has 0 bridgehead atoms. The highest BCUT2D eigenvalue weighted by atomic mass is 79.9. The van der Waals surface area contributed by atoms with Crippen LogP contribution >= 0.6 is 15.9 Å². The van der Waals surface area contributed by atoms with Crippen LogP contribution in [0.4, 0.5) is 0 Å². The molecule has 0 N–H and O–H groups in total. The van der Waals surface area contributed by atoms with E-state index in [9.17, 15) is 0 Å². The average molecular weight is 422 g/mol. The molecular formula is C26H16BrN. The van der Waals surface area contributed by atoms with Crippen LogP contribution in [0.3, 0.4) is 0 Å². The van der Waals surface area contributed by atoms with Gasteiger partial charge in [-0.05, 0) is 46.5 Å². The highest BCUT2D eigenvalue weighted by Crippen LogP contribution is 2.36. The molecule has 1 aromatic heterocycles. The largest absolute Gasteiger partial charge is 0.309 e. The van der Waals surface area contributed by atoms with Crippen LogP contribution in [0.5, 0.6) is 0 Å². The molecule has 6 rings (SSSR count). The van der Waals surface area contributed by atoms with Gasteiger partial charge in [-0.3, -0.25) is 0 Å². The van der Waals surface area contributed by atoms with Gasteiger partial charge in [-0.1, -0.05) is 82.7 Å². The number of aromatic nitrogens is 1. The van der Waals surface area contributed by atoms with Gasteiger partial charge >= 0.3 is 0 Å². The van der Waals surface area contributed by atoms with Gasteiger partial charge in [-0.15, -0.1) is 0 Å². The van der Waals surface area contributed by atoms with Crippen molar-refractivity contribution in [2.75, 3.05) is 0 Å². The molecule has 5 aromatic carbocycles. The third-order valence-corrected chi connectivity index (χ3v) is 6.29. The van der Waals surface area contributed by atoms with Gasteiger partial charge in [-0.25, -0.2) is 0 Å². The van der Waals surface area contributed by atoms with Crippen molar-refractivity contribution in [3.8, 4) is 5.69 Å². The van der Waals surface area contributed by atoms with Crippen LogP contribution in [-0.4, -0.2) is 4.57 Å². The molecule has 1 nitrogen and oxygen atoms in total. The summed E-state index contributed by atoms with van der Waals surface area (Å²) in [5.74, 6) is 0. The zero-order valence-corrected chi connectivity index (χ0v) is 16.6. The van der Waals surface area contributed by atoms with Crippen LogP contribution < -0.4 is 0 Å². The Bertz CT molecular complexity index is 1470. The molecule has 0 fully saturated rings. The van der Waals surface area contributed by atoms with Gasteiger partial charge in [0.25, 0.3) is 0 Å². The fraction of sp³-hybridized carbons (Fsp3) is 0. The zero-order valence-electron chi connectivity index (χ0n) is 15.1. The molecule has 0 aliphatic heterocycles. The summed E-state index contributed by atoms with van der Waals surface area (Å²) in [5.41, 5.74) is 3.66. The van der Waals surface area contributed by atoms with E-state index in [1.165, 1.54) is 49.0 Å². The Morgan fingerprint density at radius 1 is 0.536 bits per heavy atom. The first-order chi connectivity index (χ1) is 13.8. The van der Waals surface area contributed by atoms with Crippen LogP contribution in [0.1, 0.15) is 0 Å². The minimum absolute atomic E-state index is 1.13.